The zero-order valence-corrected chi connectivity index (χ0v) is 16.3. The zero-order valence-electron chi connectivity index (χ0n) is 15.6. The standard InChI is InChI=1S/C22H23ClN2O2/c1-3-13-25(14-4-2)22(27)21(26)18-16-11-8-12-17(23)20(16)24-19(18)15-9-6-5-7-10-15/h5-12,24H,3-4,13-14H2,1-2H3. The van der Waals surface area contributed by atoms with Crippen molar-refractivity contribution in [2.24, 2.45) is 0 Å². The first-order valence-electron chi connectivity index (χ1n) is 9.27. The average molecular weight is 383 g/mol. The van der Waals surface area contributed by atoms with Crippen LogP contribution in [0.4, 0.5) is 0 Å². The Balaban J connectivity index is 2.16. The van der Waals surface area contributed by atoms with Crippen molar-refractivity contribution in [3.8, 4) is 11.3 Å². The fraction of sp³-hybridized carbons (Fsp3) is 0.273. The van der Waals surface area contributed by atoms with Crippen molar-refractivity contribution in [1.82, 2.24) is 9.88 Å². The first kappa shape index (κ1) is 19.2. The highest BCUT2D eigenvalue weighted by Crippen LogP contribution is 2.34. The van der Waals surface area contributed by atoms with Crippen molar-refractivity contribution in [1.29, 1.82) is 0 Å². The number of nitrogens with zero attached hydrogens (tertiary/aromatic N) is 1. The molecule has 0 fully saturated rings. The van der Waals surface area contributed by atoms with Gasteiger partial charge in [0.1, 0.15) is 0 Å². The van der Waals surface area contributed by atoms with E-state index in [9.17, 15) is 9.59 Å². The summed E-state index contributed by atoms with van der Waals surface area (Å²) in [6.45, 7) is 5.15. The molecule has 1 amide bonds. The summed E-state index contributed by atoms with van der Waals surface area (Å²) in [4.78, 5) is 31.1. The minimum absolute atomic E-state index is 0.390. The van der Waals surface area contributed by atoms with Gasteiger partial charge in [-0.2, -0.15) is 0 Å². The zero-order chi connectivity index (χ0) is 19.4. The molecule has 3 rings (SSSR count). The van der Waals surface area contributed by atoms with Gasteiger partial charge in [-0.1, -0.05) is 67.9 Å². The average Bonchev–Trinajstić information content (AvgIpc) is 3.08. The monoisotopic (exact) mass is 382 g/mol. The fourth-order valence-electron chi connectivity index (χ4n) is 3.34. The van der Waals surface area contributed by atoms with Crippen molar-refractivity contribution in [3.63, 3.8) is 0 Å². The maximum atomic E-state index is 13.3. The number of hydrogen-bond acceptors (Lipinski definition) is 2. The van der Waals surface area contributed by atoms with Crippen molar-refractivity contribution >= 4 is 34.2 Å². The molecule has 2 aromatic carbocycles. The summed E-state index contributed by atoms with van der Waals surface area (Å²) in [6.07, 6.45) is 1.62. The molecule has 0 saturated heterocycles. The van der Waals surface area contributed by atoms with E-state index in [1.165, 1.54) is 0 Å². The molecule has 0 aliphatic carbocycles. The Morgan fingerprint density at radius 2 is 1.63 bits per heavy atom. The first-order chi connectivity index (χ1) is 13.1. The molecule has 1 aromatic heterocycles. The van der Waals surface area contributed by atoms with E-state index in [0.29, 0.717) is 40.3 Å². The SMILES string of the molecule is CCCN(CCC)C(=O)C(=O)c1c(-c2ccccc2)[nH]c2c(Cl)cccc12. The highest BCUT2D eigenvalue weighted by Gasteiger charge is 2.28. The number of benzene rings is 2. The summed E-state index contributed by atoms with van der Waals surface area (Å²) in [5.74, 6) is -0.957. The maximum absolute atomic E-state index is 13.3. The lowest BCUT2D eigenvalue weighted by Crippen LogP contribution is -2.37. The Morgan fingerprint density at radius 3 is 2.26 bits per heavy atom. The Hall–Kier alpha value is -2.59. The Kier molecular flexibility index (Phi) is 5.97. The minimum Gasteiger partial charge on any atom is -0.353 e. The normalized spacial score (nSPS) is 10.9. The molecular formula is C22H23ClN2O2. The van der Waals surface area contributed by atoms with Crippen LogP contribution in [0.2, 0.25) is 5.02 Å². The minimum atomic E-state index is -0.496. The molecule has 0 aliphatic rings. The van der Waals surface area contributed by atoms with Crippen LogP contribution >= 0.6 is 11.6 Å². The molecule has 1 N–H and O–H groups in total. The molecule has 0 bridgehead atoms. The lowest BCUT2D eigenvalue weighted by Gasteiger charge is -2.20. The van der Waals surface area contributed by atoms with Crippen LogP contribution in [0.25, 0.3) is 22.2 Å². The van der Waals surface area contributed by atoms with Crippen molar-refractivity contribution < 1.29 is 9.59 Å². The van der Waals surface area contributed by atoms with Crippen LogP contribution in [0, 0.1) is 0 Å². The molecule has 140 valence electrons. The lowest BCUT2D eigenvalue weighted by atomic mass is 10.0. The van der Waals surface area contributed by atoms with Gasteiger partial charge >= 0.3 is 0 Å². The summed E-state index contributed by atoms with van der Waals surface area (Å²) in [5, 5.41) is 1.20. The van der Waals surface area contributed by atoms with E-state index in [2.05, 4.69) is 4.98 Å². The number of aromatic nitrogens is 1. The summed E-state index contributed by atoms with van der Waals surface area (Å²) in [6, 6.07) is 14.9. The molecule has 0 spiro atoms. The predicted molar refractivity (Wildman–Crippen MR) is 110 cm³/mol. The Bertz CT molecular complexity index is 957. The number of aromatic amines is 1. The Morgan fingerprint density at radius 1 is 0.963 bits per heavy atom. The van der Waals surface area contributed by atoms with Gasteiger partial charge in [-0.15, -0.1) is 0 Å². The van der Waals surface area contributed by atoms with Crippen molar-refractivity contribution in [3.05, 3.63) is 59.1 Å². The van der Waals surface area contributed by atoms with Crippen molar-refractivity contribution in [2.45, 2.75) is 26.7 Å². The van der Waals surface area contributed by atoms with E-state index in [-0.39, 0.29) is 0 Å². The number of amides is 1. The number of rotatable bonds is 7. The van der Waals surface area contributed by atoms with Gasteiger partial charge in [-0.05, 0) is 24.5 Å². The number of nitrogens with one attached hydrogen (secondary N) is 1. The van der Waals surface area contributed by atoms with Crippen LogP contribution in [-0.2, 0) is 4.79 Å². The summed E-state index contributed by atoms with van der Waals surface area (Å²) >= 11 is 6.34. The molecular weight excluding hydrogens is 360 g/mol. The third-order valence-corrected chi connectivity index (χ3v) is 4.86. The molecule has 3 aromatic rings. The predicted octanol–water partition coefficient (Wildman–Crippen LogP) is 5.32. The summed E-state index contributed by atoms with van der Waals surface area (Å²) in [5.41, 5.74) is 2.54. The highest BCUT2D eigenvalue weighted by molar-refractivity contribution is 6.47. The van der Waals surface area contributed by atoms with E-state index >= 15 is 0 Å². The molecule has 27 heavy (non-hydrogen) atoms. The van der Waals surface area contributed by atoms with Gasteiger partial charge in [0.05, 0.1) is 21.8 Å². The summed E-state index contributed by atoms with van der Waals surface area (Å²) < 4.78 is 0. The van der Waals surface area contributed by atoms with Gasteiger partial charge in [0.15, 0.2) is 0 Å². The molecule has 0 unspecified atom stereocenters. The highest BCUT2D eigenvalue weighted by atomic mass is 35.5. The van der Waals surface area contributed by atoms with Gasteiger partial charge in [-0.25, -0.2) is 0 Å². The van der Waals surface area contributed by atoms with E-state index in [1.807, 2.05) is 50.2 Å². The largest absolute Gasteiger partial charge is 0.353 e. The second-order valence-corrected chi connectivity index (χ2v) is 6.93. The van der Waals surface area contributed by atoms with Crippen LogP contribution in [0.3, 0.4) is 0 Å². The van der Waals surface area contributed by atoms with Crippen LogP contribution in [0.1, 0.15) is 37.0 Å². The number of ketones is 1. The molecule has 1 heterocycles. The van der Waals surface area contributed by atoms with E-state index < -0.39 is 11.7 Å². The number of Topliss-reactive ketones (excluding diaryl/α,β-unsaturated/α-hetero) is 1. The number of fused-ring (bicyclic) bond motifs is 1. The number of halogens is 1. The fourth-order valence-corrected chi connectivity index (χ4v) is 3.57. The van der Waals surface area contributed by atoms with Crippen molar-refractivity contribution in [2.75, 3.05) is 13.1 Å². The smallest absolute Gasteiger partial charge is 0.295 e. The van der Waals surface area contributed by atoms with Crippen LogP contribution in [-0.4, -0.2) is 34.7 Å². The van der Waals surface area contributed by atoms with Gasteiger partial charge in [-0.3, -0.25) is 9.59 Å². The lowest BCUT2D eigenvalue weighted by molar-refractivity contribution is -0.126. The van der Waals surface area contributed by atoms with Gasteiger partial charge in [0.2, 0.25) is 0 Å². The third-order valence-electron chi connectivity index (χ3n) is 4.54. The molecule has 0 aliphatic heterocycles. The number of hydrogen-bond donors (Lipinski definition) is 1. The van der Waals surface area contributed by atoms with Crippen LogP contribution in [0.5, 0.6) is 0 Å². The molecule has 0 atom stereocenters. The molecule has 4 nitrogen and oxygen atoms in total. The van der Waals surface area contributed by atoms with Crippen LogP contribution < -0.4 is 0 Å². The van der Waals surface area contributed by atoms with E-state index in [4.69, 9.17) is 11.6 Å². The van der Waals surface area contributed by atoms with Gasteiger partial charge in [0, 0.05) is 18.5 Å². The first-order valence-corrected chi connectivity index (χ1v) is 9.65. The molecule has 5 heteroatoms. The van der Waals surface area contributed by atoms with Crippen LogP contribution in [0.15, 0.2) is 48.5 Å². The maximum Gasteiger partial charge on any atom is 0.295 e. The molecule has 0 radical (unpaired) electrons. The second-order valence-electron chi connectivity index (χ2n) is 6.52. The number of carbonyl (C=O) groups excluding carboxylic acids is 2. The number of carbonyl (C=O) groups is 2. The van der Waals surface area contributed by atoms with E-state index in [1.54, 1.807) is 17.0 Å². The van der Waals surface area contributed by atoms with E-state index in [0.717, 1.165) is 18.4 Å². The number of H-pyrrole nitrogens is 1. The molecule has 0 saturated carbocycles. The summed E-state index contributed by atoms with van der Waals surface area (Å²) in [7, 11) is 0. The third kappa shape index (κ3) is 3.76. The second kappa shape index (κ2) is 8.40. The topological polar surface area (TPSA) is 53.2 Å². The van der Waals surface area contributed by atoms with Gasteiger partial charge in [0.25, 0.3) is 11.7 Å². The quantitative estimate of drug-likeness (QED) is 0.444. The Labute approximate surface area is 164 Å². The number of para-hydroxylation sites is 1. The van der Waals surface area contributed by atoms with Gasteiger partial charge < -0.3 is 9.88 Å².